The molecule has 2 heterocycles. The lowest BCUT2D eigenvalue weighted by atomic mass is 9.94. The van der Waals surface area contributed by atoms with Gasteiger partial charge in [-0.1, -0.05) is 12.1 Å². The third-order valence-electron chi connectivity index (χ3n) is 4.85. The SMILES string of the molecule is O=C(NCCCCN1CCOCC1)C1CNNC1c1ccc(F)cc1. The Labute approximate surface area is 148 Å². The first kappa shape index (κ1) is 18.3. The topological polar surface area (TPSA) is 65.6 Å². The van der Waals surface area contributed by atoms with Crippen LogP contribution in [0.5, 0.6) is 0 Å². The van der Waals surface area contributed by atoms with Crippen LogP contribution in [0.3, 0.4) is 0 Å². The maximum Gasteiger partial charge on any atom is 0.226 e. The minimum absolute atomic E-state index is 0.0400. The van der Waals surface area contributed by atoms with Gasteiger partial charge in [0.05, 0.1) is 25.2 Å². The van der Waals surface area contributed by atoms with Gasteiger partial charge in [0.25, 0.3) is 0 Å². The monoisotopic (exact) mass is 350 g/mol. The average molecular weight is 350 g/mol. The molecular weight excluding hydrogens is 323 g/mol. The number of halogens is 1. The highest BCUT2D eigenvalue weighted by atomic mass is 19.1. The van der Waals surface area contributed by atoms with Crippen LogP contribution >= 0.6 is 0 Å². The van der Waals surface area contributed by atoms with E-state index in [0.29, 0.717) is 13.1 Å². The summed E-state index contributed by atoms with van der Waals surface area (Å²) in [5, 5.41) is 3.04. The van der Waals surface area contributed by atoms with Crippen molar-refractivity contribution in [3.05, 3.63) is 35.6 Å². The molecule has 7 heteroatoms. The zero-order valence-electron chi connectivity index (χ0n) is 14.5. The predicted octanol–water partition coefficient (Wildman–Crippen LogP) is 0.819. The van der Waals surface area contributed by atoms with Gasteiger partial charge >= 0.3 is 0 Å². The molecule has 3 rings (SSSR count). The van der Waals surface area contributed by atoms with Gasteiger partial charge in [0.2, 0.25) is 5.91 Å². The third kappa shape index (κ3) is 5.22. The summed E-state index contributed by atoms with van der Waals surface area (Å²) in [6.45, 7) is 5.98. The lowest BCUT2D eigenvalue weighted by Crippen LogP contribution is -2.38. The fraction of sp³-hybridized carbons (Fsp3) is 0.611. The third-order valence-corrected chi connectivity index (χ3v) is 4.85. The molecule has 1 amide bonds. The normalized spacial score (nSPS) is 24.4. The van der Waals surface area contributed by atoms with Crippen LogP contribution in [-0.2, 0) is 9.53 Å². The molecule has 0 saturated carbocycles. The minimum Gasteiger partial charge on any atom is -0.379 e. The molecule has 0 aliphatic carbocycles. The molecule has 0 spiro atoms. The lowest BCUT2D eigenvalue weighted by Gasteiger charge is -2.26. The van der Waals surface area contributed by atoms with Crippen molar-refractivity contribution in [1.29, 1.82) is 0 Å². The number of hydrogen-bond donors (Lipinski definition) is 3. The molecule has 3 N–H and O–H groups in total. The van der Waals surface area contributed by atoms with Crippen LogP contribution in [0, 0.1) is 11.7 Å². The zero-order chi connectivity index (χ0) is 17.5. The lowest BCUT2D eigenvalue weighted by molar-refractivity contribution is -0.124. The Morgan fingerprint density at radius 3 is 2.76 bits per heavy atom. The zero-order valence-corrected chi connectivity index (χ0v) is 14.5. The molecular formula is C18H27FN4O2. The van der Waals surface area contributed by atoms with Crippen LogP contribution < -0.4 is 16.2 Å². The van der Waals surface area contributed by atoms with Gasteiger partial charge in [0.1, 0.15) is 5.82 Å². The molecule has 2 atom stereocenters. The average Bonchev–Trinajstić information content (AvgIpc) is 3.12. The molecule has 6 nitrogen and oxygen atoms in total. The number of hydrogen-bond acceptors (Lipinski definition) is 5. The Morgan fingerprint density at radius 2 is 2.00 bits per heavy atom. The number of rotatable bonds is 7. The molecule has 138 valence electrons. The van der Waals surface area contributed by atoms with Crippen molar-refractivity contribution in [1.82, 2.24) is 21.1 Å². The van der Waals surface area contributed by atoms with E-state index in [0.717, 1.165) is 51.3 Å². The summed E-state index contributed by atoms with van der Waals surface area (Å²) in [4.78, 5) is 14.9. The fourth-order valence-corrected chi connectivity index (χ4v) is 3.35. The van der Waals surface area contributed by atoms with Gasteiger partial charge in [-0.2, -0.15) is 0 Å². The summed E-state index contributed by atoms with van der Waals surface area (Å²) in [7, 11) is 0. The molecule has 25 heavy (non-hydrogen) atoms. The second kappa shape index (κ2) is 9.24. The van der Waals surface area contributed by atoms with Crippen LogP contribution in [0.25, 0.3) is 0 Å². The van der Waals surface area contributed by atoms with Gasteiger partial charge in [0, 0.05) is 26.2 Å². The van der Waals surface area contributed by atoms with Gasteiger partial charge < -0.3 is 10.1 Å². The highest BCUT2D eigenvalue weighted by molar-refractivity contribution is 5.80. The number of ether oxygens (including phenoxy) is 1. The molecule has 2 aliphatic rings. The van der Waals surface area contributed by atoms with Crippen molar-refractivity contribution in [2.24, 2.45) is 5.92 Å². The number of carbonyl (C=O) groups is 1. The molecule has 2 saturated heterocycles. The second-order valence-electron chi connectivity index (χ2n) is 6.61. The highest BCUT2D eigenvalue weighted by Gasteiger charge is 2.33. The van der Waals surface area contributed by atoms with Crippen LogP contribution in [0.2, 0.25) is 0 Å². The first-order valence-electron chi connectivity index (χ1n) is 9.06. The van der Waals surface area contributed by atoms with Gasteiger partial charge in [-0.3, -0.25) is 15.1 Å². The highest BCUT2D eigenvalue weighted by Crippen LogP contribution is 2.25. The molecule has 2 aliphatic heterocycles. The van der Waals surface area contributed by atoms with Crippen LogP contribution in [0.15, 0.2) is 24.3 Å². The first-order valence-corrected chi connectivity index (χ1v) is 9.06. The van der Waals surface area contributed by atoms with Crippen molar-refractivity contribution in [3.8, 4) is 0 Å². The number of unbranched alkanes of at least 4 members (excludes halogenated alkanes) is 1. The maximum atomic E-state index is 13.1. The molecule has 2 unspecified atom stereocenters. The van der Waals surface area contributed by atoms with E-state index in [1.807, 2.05) is 0 Å². The van der Waals surface area contributed by atoms with Crippen molar-refractivity contribution in [3.63, 3.8) is 0 Å². The minimum atomic E-state index is -0.268. The smallest absolute Gasteiger partial charge is 0.226 e. The van der Waals surface area contributed by atoms with E-state index in [-0.39, 0.29) is 23.7 Å². The van der Waals surface area contributed by atoms with Gasteiger partial charge in [-0.25, -0.2) is 9.82 Å². The van der Waals surface area contributed by atoms with E-state index in [4.69, 9.17) is 4.74 Å². The largest absolute Gasteiger partial charge is 0.379 e. The number of morpholine rings is 1. The van der Waals surface area contributed by atoms with Gasteiger partial charge in [-0.05, 0) is 37.1 Å². The van der Waals surface area contributed by atoms with Crippen molar-refractivity contribution in [2.45, 2.75) is 18.9 Å². The standard InChI is InChI=1S/C18H27FN4O2/c19-15-5-3-14(4-6-15)17-16(13-21-22-17)18(24)20-7-1-2-8-23-9-11-25-12-10-23/h3-6,16-17,21-22H,1-2,7-13H2,(H,20,24). The molecule has 1 aromatic carbocycles. The van der Waals surface area contributed by atoms with Crippen LogP contribution in [0.1, 0.15) is 24.4 Å². The maximum absolute atomic E-state index is 13.1. The summed E-state index contributed by atoms with van der Waals surface area (Å²) in [5.74, 6) is -0.418. The summed E-state index contributed by atoms with van der Waals surface area (Å²) in [6.07, 6.45) is 2.04. The van der Waals surface area contributed by atoms with E-state index in [9.17, 15) is 9.18 Å². The molecule has 0 bridgehead atoms. The van der Waals surface area contributed by atoms with E-state index >= 15 is 0 Å². The van der Waals surface area contributed by atoms with Crippen LogP contribution in [-0.4, -0.2) is 56.7 Å². The molecule has 2 fully saturated rings. The Bertz CT molecular complexity index is 549. The van der Waals surface area contributed by atoms with Crippen LogP contribution in [0.4, 0.5) is 4.39 Å². The molecule has 0 radical (unpaired) electrons. The molecule has 1 aromatic rings. The number of amides is 1. The van der Waals surface area contributed by atoms with Crippen molar-refractivity contribution < 1.29 is 13.9 Å². The first-order chi connectivity index (χ1) is 12.2. The van der Waals surface area contributed by atoms with E-state index in [1.165, 1.54) is 12.1 Å². The Morgan fingerprint density at radius 1 is 1.24 bits per heavy atom. The Kier molecular flexibility index (Phi) is 6.75. The summed E-state index contributed by atoms with van der Waals surface area (Å²) in [6, 6.07) is 6.17. The Hall–Kier alpha value is -1.54. The Balaban J connectivity index is 1.39. The summed E-state index contributed by atoms with van der Waals surface area (Å²) in [5.41, 5.74) is 7.07. The van der Waals surface area contributed by atoms with E-state index in [2.05, 4.69) is 21.1 Å². The second-order valence-corrected chi connectivity index (χ2v) is 6.61. The molecule has 0 aromatic heterocycles. The fourth-order valence-electron chi connectivity index (χ4n) is 3.35. The number of nitrogens with one attached hydrogen (secondary N) is 3. The summed E-state index contributed by atoms with van der Waals surface area (Å²) < 4.78 is 18.4. The van der Waals surface area contributed by atoms with Crippen molar-refractivity contribution >= 4 is 5.91 Å². The quantitative estimate of drug-likeness (QED) is 0.636. The number of carbonyl (C=O) groups excluding carboxylic acids is 1. The summed E-state index contributed by atoms with van der Waals surface area (Å²) >= 11 is 0. The van der Waals surface area contributed by atoms with Gasteiger partial charge in [0.15, 0.2) is 0 Å². The van der Waals surface area contributed by atoms with Gasteiger partial charge in [-0.15, -0.1) is 0 Å². The number of benzene rings is 1. The van der Waals surface area contributed by atoms with Crippen molar-refractivity contribution in [2.75, 3.05) is 45.9 Å². The van der Waals surface area contributed by atoms with E-state index in [1.54, 1.807) is 12.1 Å². The van der Waals surface area contributed by atoms with E-state index < -0.39 is 0 Å². The number of hydrazine groups is 1. The number of nitrogens with zero attached hydrogens (tertiary/aromatic N) is 1. The predicted molar refractivity (Wildman–Crippen MR) is 93.3 cm³/mol.